The fourth-order valence-electron chi connectivity index (χ4n) is 1.52. The summed E-state index contributed by atoms with van der Waals surface area (Å²) in [6.07, 6.45) is 1.46. The zero-order chi connectivity index (χ0) is 14.9. The van der Waals surface area contributed by atoms with Crippen molar-refractivity contribution in [2.45, 2.75) is 39.3 Å². The molecule has 1 aliphatic rings. The minimum Gasteiger partial charge on any atom is -0.490 e. The van der Waals surface area contributed by atoms with Gasteiger partial charge in [-0.05, 0) is 24.8 Å². The fraction of sp³-hybridized carbons (Fsp3) is 0.571. The number of ether oxygens (including phenoxy) is 1. The zero-order valence-corrected chi connectivity index (χ0v) is 10.6. The third-order valence-electron chi connectivity index (χ3n) is 2.69. The molecule has 1 fully saturated rings. The SMILES string of the molecule is [2H]C([2H])(Oc1c(F)cc(F)cc1CNC(C)C)C1CC1. The highest BCUT2D eigenvalue weighted by Crippen LogP contribution is 2.31. The molecule has 0 bridgehead atoms. The molecule has 0 saturated heterocycles. The smallest absolute Gasteiger partial charge is 0.168 e. The highest BCUT2D eigenvalue weighted by molar-refractivity contribution is 5.35. The molecule has 18 heavy (non-hydrogen) atoms. The third-order valence-corrected chi connectivity index (χ3v) is 2.69. The van der Waals surface area contributed by atoms with Crippen LogP contribution in [-0.2, 0) is 6.54 Å². The Labute approximate surface area is 109 Å². The minimum atomic E-state index is -1.91. The van der Waals surface area contributed by atoms with Crippen molar-refractivity contribution in [3.05, 3.63) is 29.3 Å². The molecule has 1 aromatic rings. The van der Waals surface area contributed by atoms with Crippen molar-refractivity contribution in [2.24, 2.45) is 5.92 Å². The molecule has 0 radical (unpaired) electrons. The van der Waals surface area contributed by atoms with Crippen LogP contribution >= 0.6 is 0 Å². The molecule has 2 nitrogen and oxygen atoms in total. The van der Waals surface area contributed by atoms with Gasteiger partial charge >= 0.3 is 0 Å². The monoisotopic (exact) mass is 257 g/mol. The zero-order valence-electron chi connectivity index (χ0n) is 12.6. The van der Waals surface area contributed by atoms with Gasteiger partial charge in [0.05, 0.1) is 9.30 Å². The van der Waals surface area contributed by atoms with Crippen LogP contribution in [0.2, 0.25) is 0 Å². The van der Waals surface area contributed by atoms with E-state index in [9.17, 15) is 8.78 Å². The van der Waals surface area contributed by atoms with Gasteiger partial charge in [0, 0.05) is 24.2 Å². The van der Waals surface area contributed by atoms with E-state index in [0.29, 0.717) is 5.56 Å². The number of hydrogen-bond acceptors (Lipinski definition) is 2. The second kappa shape index (κ2) is 5.65. The maximum Gasteiger partial charge on any atom is 0.168 e. The minimum absolute atomic E-state index is 0.148. The van der Waals surface area contributed by atoms with Gasteiger partial charge in [-0.2, -0.15) is 0 Å². The summed E-state index contributed by atoms with van der Waals surface area (Å²) < 4.78 is 48.1. The topological polar surface area (TPSA) is 21.3 Å². The van der Waals surface area contributed by atoms with Gasteiger partial charge in [-0.1, -0.05) is 13.8 Å². The average Bonchev–Trinajstić information content (AvgIpc) is 3.14. The lowest BCUT2D eigenvalue weighted by atomic mass is 10.1. The summed E-state index contributed by atoms with van der Waals surface area (Å²) in [5, 5.41) is 3.05. The normalized spacial score (nSPS) is 17.6. The van der Waals surface area contributed by atoms with Gasteiger partial charge in [0.15, 0.2) is 11.6 Å². The molecule has 0 aromatic heterocycles. The van der Waals surface area contributed by atoms with Gasteiger partial charge in [-0.25, -0.2) is 8.78 Å². The summed E-state index contributed by atoms with van der Waals surface area (Å²) in [6, 6.07) is 2.04. The summed E-state index contributed by atoms with van der Waals surface area (Å²) in [4.78, 5) is 0. The van der Waals surface area contributed by atoms with Crippen LogP contribution in [0.4, 0.5) is 8.78 Å². The number of nitrogens with one attached hydrogen (secondary N) is 1. The van der Waals surface area contributed by atoms with E-state index in [1.807, 2.05) is 13.8 Å². The Morgan fingerprint density at radius 3 is 2.78 bits per heavy atom. The molecular weight excluding hydrogens is 236 g/mol. The van der Waals surface area contributed by atoms with Crippen LogP contribution in [0.3, 0.4) is 0 Å². The Hall–Kier alpha value is -1.16. The maximum absolute atomic E-state index is 13.9. The van der Waals surface area contributed by atoms with Crippen molar-refractivity contribution >= 4 is 0 Å². The van der Waals surface area contributed by atoms with Gasteiger partial charge < -0.3 is 10.1 Å². The van der Waals surface area contributed by atoms with Crippen LogP contribution in [0.1, 0.15) is 35.0 Å². The molecule has 1 N–H and O–H groups in total. The molecule has 0 heterocycles. The van der Waals surface area contributed by atoms with Crippen LogP contribution in [0.15, 0.2) is 12.1 Å². The molecular formula is C14H19F2NO. The summed E-state index contributed by atoms with van der Waals surface area (Å²) in [7, 11) is 0. The Morgan fingerprint density at radius 2 is 2.17 bits per heavy atom. The van der Waals surface area contributed by atoms with Gasteiger partial charge in [0.2, 0.25) is 0 Å². The predicted octanol–water partition coefficient (Wildman–Crippen LogP) is 3.25. The van der Waals surface area contributed by atoms with E-state index in [4.69, 9.17) is 7.48 Å². The van der Waals surface area contributed by atoms with E-state index < -0.39 is 18.2 Å². The summed E-state index contributed by atoms with van der Waals surface area (Å²) in [5.74, 6) is -1.97. The predicted molar refractivity (Wildman–Crippen MR) is 66.6 cm³/mol. The quantitative estimate of drug-likeness (QED) is 0.844. The second-order valence-corrected chi connectivity index (χ2v) is 4.91. The van der Waals surface area contributed by atoms with E-state index in [1.54, 1.807) is 0 Å². The first-order chi connectivity index (χ1) is 9.29. The van der Waals surface area contributed by atoms with Crippen LogP contribution in [0.5, 0.6) is 5.75 Å². The lowest BCUT2D eigenvalue weighted by Gasteiger charge is -2.14. The number of halogens is 2. The van der Waals surface area contributed by atoms with E-state index in [1.165, 1.54) is 6.07 Å². The molecule has 4 heteroatoms. The molecule has 2 rings (SSSR count). The van der Waals surface area contributed by atoms with E-state index in [-0.39, 0.29) is 24.3 Å². The average molecular weight is 257 g/mol. The highest BCUT2D eigenvalue weighted by atomic mass is 19.1. The van der Waals surface area contributed by atoms with Crippen molar-refractivity contribution < 1.29 is 16.3 Å². The summed E-state index contributed by atoms with van der Waals surface area (Å²) in [6.45, 7) is 2.15. The maximum atomic E-state index is 13.9. The molecule has 1 aliphatic carbocycles. The van der Waals surface area contributed by atoms with E-state index in [2.05, 4.69) is 5.32 Å². The fourth-order valence-corrected chi connectivity index (χ4v) is 1.52. The highest BCUT2D eigenvalue weighted by Gasteiger charge is 2.23. The molecule has 0 atom stereocenters. The first kappa shape index (κ1) is 10.7. The Bertz CT molecular complexity index is 490. The van der Waals surface area contributed by atoms with Crippen molar-refractivity contribution in [1.29, 1.82) is 0 Å². The third kappa shape index (κ3) is 3.67. The Kier molecular flexibility index (Phi) is 3.37. The standard InChI is InChI=1S/C14H19F2NO/c1-9(2)17-7-11-5-12(15)6-13(16)14(11)18-8-10-3-4-10/h5-6,9-10,17H,3-4,7-8H2,1-2H3/i8D2. The largest absolute Gasteiger partial charge is 0.490 e. The van der Waals surface area contributed by atoms with Crippen molar-refractivity contribution in [1.82, 2.24) is 5.32 Å². The number of benzene rings is 1. The summed E-state index contributed by atoms with van der Waals surface area (Å²) in [5.41, 5.74) is 0.292. The molecule has 0 unspecified atom stereocenters. The molecule has 100 valence electrons. The lowest BCUT2D eigenvalue weighted by Crippen LogP contribution is -2.22. The number of hydrogen-bond donors (Lipinski definition) is 1. The second-order valence-electron chi connectivity index (χ2n) is 4.91. The first-order valence-electron chi connectivity index (χ1n) is 7.20. The Balaban J connectivity index is 2.24. The van der Waals surface area contributed by atoms with Gasteiger partial charge in [0.25, 0.3) is 0 Å². The van der Waals surface area contributed by atoms with Gasteiger partial charge in [-0.3, -0.25) is 0 Å². The van der Waals surface area contributed by atoms with E-state index >= 15 is 0 Å². The van der Waals surface area contributed by atoms with Crippen LogP contribution in [0.25, 0.3) is 0 Å². The number of rotatable bonds is 6. The molecule has 0 spiro atoms. The van der Waals surface area contributed by atoms with Gasteiger partial charge in [-0.15, -0.1) is 0 Å². The Morgan fingerprint density at radius 1 is 1.44 bits per heavy atom. The molecule has 1 saturated carbocycles. The lowest BCUT2D eigenvalue weighted by molar-refractivity contribution is 0.280. The van der Waals surface area contributed by atoms with E-state index in [0.717, 1.165) is 18.9 Å². The first-order valence-corrected chi connectivity index (χ1v) is 6.20. The summed E-state index contributed by atoms with van der Waals surface area (Å²) >= 11 is 0. The van der Waals surface area contributed by atoms with Crippen LogP contribution in [-0.4, -0.2) is 12.6 Å². The van der Waals surface area contributed by atoms with Crippen LogP contribution < -0.4 is 10.1 Å². The molecule has 0 aliphatic heterocycles. The molecule has 1 aromatic carbocycles. The van der Waals surface area contributed by atoms with Crippen molar-refractivity contribution in [3.63, 3.8) is 0 Å². The van der Waals surface area contributed by atoms with Crippen LogP contribution in [0, 0.1) is 17.6 Å². The van der Waals surface area contributed by atoms with Crippen molar-refractivity contribution in [2.75, 3.05) is 6.56 Å². The molecule has 0 amide bonds. The van der Waals surface area contributed by atoms with Crippen molar-refractivity contribution in [3.8, 4) is 5.75 Å². The van der Waals surface area contributed by atoms with Gasteiger partial charge in [0.1, 0.15) is 5.82 Å².